The van der Waals surface area contributed by atoms with Gasteiger partial charge >= 0.3 is 0 Å². The standard InChI is InChI=1S/C14H15N7/c1-3-17-14-11(7-18-21(14)5-1)12-8-16-9-13(20-12)19-10-2-4-15-6-10/h1,3,5,7-10,15H,2,4,6H2,(H,19,20). The zero-order valence-electron chi connectivity index (χ0n) is 11.4. The van der Waals surface area contributed by atoms with Crippen molar-refractivity contribution < 1.29 is 0 Å². The van der Waals surface area contributed by atoms with Crippen molar-refractivity contribution in [3.8, 4) is 11.3 Å². The van der Waals surface area contributed by atoms with E-state index in [2.05, 4.69) is 30.7 Å². The third-order valence-corrected chi connectivity index (χ3v) is 3.60. The summed E-state index contributed by atoms with van der Waals surface area (Å²) in [6.45, 7) is 2.01. The van der Waals surface area contributed by atoms with E-state index in [0.29, 0.717) is 6.04 Å². The molecule has 1 aliphatic rings. The first-order valence-corrected chi connectivity index (χ1v) is 6.98. The quantitative estimate of drug-likeness (QED) is 0.744. The van der Waals surface area contributed by atoms with Gasteiger partial charge in [0.25, 0.3) is 0 Å². The summed E-state index contributed by atoms with van der Waals surface area (Å²) >= 11 is 0. The Bertz CT molecular complexity index is 761. The Morgan fingerprint density at radius 3 is 3.19 bits per heavy atom. The van der Waals surface area contributed by atoms with Gasteiger partial charge in [-0.3, -0.25) is 4.98 Å². The molecule has 2 N–H and O–H groups in total. The van der Waals surface area contributed by atoms with Crippen LogP contribution in [0.25, 0.3) is 16.9 Å². The molecule has 7 nitrogen and oxygen atoms in total. The highest BCUT2D eigenvalue weighted by Gasteiger charge is 2.15. The van der Waals surface area contributed by atoms with Gasteiger partial charge in [-0.05, 0) is 19.0 Å². The number of fused-ring (bicyclic) bond motifs is 1. The first-order chi connectivity index (χ1) is 10.4. The zero-order valence-corrected chi connectivity index (χ0v) is 11.4. The second-order valence-corrected chi connectivity index (χ2v) is 5.07. The van der Waals surface area contributed by atoms with E-state index in [1.807, 2.05) is 12.3 Å². The van der Waals surface area contributed by atoms with Crippen molar-refractivity contribution in [1.29, 1.82) is 0 Å². The molecule has 106 valence electrons. The van der Waals surface area contributed by atoms with Gasteiger partial charge in [-0.1, -0.05) is 0 Å². The SMILES string of the molecule is c1cnc2c(-c3cncc(NC4CCNC4)n3)cnn2c1. The van der Waals surface area contributed by atoms with Gasteiger partial charge in [0.1, 0.15) is 5.82 Å². The second-order valence-electron chi connectivity index (χ2n) is 5.07. The lowest BCUT2D eigenvalue weighted by Crippen LogP contribution is -2.22. The molecule has 1 aliphatic heterocycles. The average molecular weight is 281 g/mol. The molecule has 1 unspecified atom stereocenters. The van der Waals surface area contributed by atoms with Crippen LogP contribution in [0, 0.1) is 0 Å². The molecule has 3 aromatic heterocycles. The van der Waals surface area contributed by atoms with Crippen molar-refractivity contribution in [2.24, 2.45) is 0 Å². The Labute approximate surface area is 121 Å². The van der Waals surface area contributed by atoms with Crippen LogP contribution in [0.2, 0.25) is 0 Å². The predicted molar refractivity (Wildman–Crippen MR) is 78.9 cm³/mol. The molecule has 0 aromatic carbocycles. The third kappa shape index (κ3) is 2.31. The normalized spacial score (nSPS) is 18.2. The highest BCUT2D eigenvalue weighted by molar-refractivity contribution is 5.74. The maximum atomic E-state index is 4.63. The number of anilines is 1. The molecule has 4 heterocycles. The fourth-order valence-electron chi connectivity index (χ4n) is 2.56. The smallest absolute Gasteiger partial charge is 0.164 e. The highest BCUT2D eigenvalue weighted by atomic mass is 15.2. The van der Waals surface area contributed by atoms with Crippen LogP contribution in [-0.4, -0.2) is 43.7 Å². The maximum absolute atomic E-state index is 4.63. The Morgan fingerprint density at radius 2 is 2.29 bits per heavy atom. The largest absolute Gasteiger partial charge is 0.365 e. The Morgan fingerprint density at radius 1 is 1.29 bits per heavy atom. The molecule has 1 fully saturated rings. The van der Waals surface area contributed by atoms with Gasteiger partial charge in [0.15, 0.2) is 5.65 Å². The van der Waals surface area contributed by atoms with Gasteiger partial charge in [-0.2, -0.15) is 5.10 Å². The molecular formula is C14H15N7. The van der Waals surface area contributed by atoms with Crippen molar-refractivity contribution in [3.05, 3.63) is 37.1 Å². The van der Waals surface area contributed by atoms with E-state index in [-0.39, 0.29) is 0 Å². The minimum atomic E-state index is 0.414. The van der Waals surface area contributed by atoms with Crippen LogP contribution in [0.1, 0.15) is 6.42 Å². The lowest BCUT2D eigenvalue weighted by molar-refractivity contribution is 0.787. The molecule has 3 aromatic rings. The molecule has 0 amide bonds. The number of nitrogens with zero attached hydrogens (tertiary/aromatic N) is 5. The predicted octanol–water partition coefficient (Wildman–Crippen LogP) is 0.960. The Hall–Kier alpha value is -2.54. The molecule has 1 saturated heterocycles. The number of aromatic nitrogens is 5. The molecule has 0 saturated carbocycles. The molecule has 0 bridgehead atoms. The summed E-state index contributed by atoms with van der Waals surface area (Å²) in [5, 5.41) is 11.0. The molecule has 4 rings (SSSR count). The monoisotopic (exact) mass is 281 g/mol. The van der Waals surface area contributed by atoms with Gasteiger partial charge < -0.3 is 10.6 Å². The number of nitrogens with one attached hydrogen (secondary N) is 2. The van der Waals surface area contributed by atoms with Crippen LogP contribution in [0.5, 0.6) is 0 Å². The van der Waals surface area contributed by atoms with E-state index in [0.717, 1.165) is 42.2 Å². The maximum Gasteiger partial charge on any atom is 0.164 e. The topological polar surface area (TPSA) is 80.0 Å². The van der Waals surface area contributed by atoms with E-state index in [1.54, 1.807) is 29.3 Å². The minimum Gasteiger partial charge on any atom is -0.365 e. The van der Waals surface area contributed by atoms with Crippen LogP contribution in [-0.2, 0) is 0 Å². The summed E-state index contributed by atoms with van der Waals surface area (Å²) in [5.41, 5.74) is 2.45. The molecule has 1 atom stereocenters. The summed E-state index contributed by atoms with van der Waals surface area (Å²) in [6, 6.07) is 2.26. The van der Waals surface area contributed by atoms with Gasteiger partial charge in [0, 0.05) is 25.0 Å². The van der Waals surface area contributed by atoms with E-state index in [1.165, 1.54) is 0 Å². The van der Waals surface area contributed by atoms with E-state index < -0.39 is 0 Å². The van der Waals surface area contributed by atoms with Crippen molar-refractivity contribution in [1.82, 2.24) is 29.9 Å². The van der Waals surface area contributed by atoms with E-state index in [9.17, 15) is 0 Å². The average Bonchev–Trinajstić information content (AvgIpc) is 3.16. The number of hydrogen-bond donors (Lipinski definition) is 2. The third-order valence-electron chi connectivity index (χ3n) is 3.60. The summed E-state index contributed by atoms with van der Waals surface area (Å²) in [4.78, 5) is 13.3. The molecule has 0 radical (unpaired) electrons. The first-order valence-electron chi connectivity index (χ1n) is 6.98. The fourth-order valence-corrected chi connectivity index (χ4v) is 2.56. The van der Waals surface area contributed by atoms with Crippen molar-refractivity contribution in [2.45, 2.75) is 12.5 Å². The van der Waals surface area contributed by atoms with E-state index >= 15 is 0 Å². The van der Waals surface area contributed by atoms with Crippen LogP contribution in [0.15, 0.2) is 37.1 Å². The van der Waals surface area contributed by atoms with Crippen molar-refractivity contribution in [2.75, 3.05) is 18.4 Å². The minimum absolute atomic E-state index is 0.414. The highest BCUT2D eigenvalue weighted by Crippen LogP contribution is 2.21. The molecule has 21 heavy (non-hydrogen) atoms. The number of rotatable bonds is 3. The summed E-state index contributed by atoms with van der Waals surface area (Å²) in [6.07, 6.45) is 9.98. The lowest BCUT2D eigenvalue weighted by atomic mass is 10.2. The Balaban J connectivity index is 1.68. The van der Waals surface area contributed by atoms with Crippen LogP contribution in [0.3, 0.4) is 0 Å². The van der Waals surface area contributed by atoms with Gasteiger partial charge in [-0.25, -0.2) is 14.5 Å². The molecular weight excluding hydrogens is 266 g/mol. The van der Waals surface area contributed by atoms with Crippen molar-refractivity contribution >= 4 is 11.5 Å². The molecule has 0 aliphatic carbocycles. The number of hydrogen-bond acceptors (Lipinski definition) is 6. The molecule has 0 spiro atoms. The summed E-state index contributed by atoms with van der Waals surface area (Å²) in [7, 11) is 0. The zero-order chi connectivity index (χ0) is 14.1. The van der Waals surface area contributed by atoms with Crippen LogP contribution >= 0.6 is 0 Å². The van der Waals surface area contributed by atoms with E-state index in [4.69, 9.17) is 0 Å². The van der Waals surface area contributed by atoms with Crippen LogP contribution in [0.4, 0.5) is 5.82 Å². The lowest BCUT2D eigenvalue weighted by Gasteiger charge is -2.11. The first kappa shape index (κ1) is 12.2. The van der Waals surface area contributed by atoms with Gasteiger partial charge in [0.05, 0.1) is 29.8 Å². The fraction of sp³-hybridized carbons (Fsp3) is 0.286. The molecule has 7 heteroatoms. The van der Waals surface area contributed by atoms with Gasteiger partial charge in [0.2, 0.25) is 0 Å². The summed E-state index contributed by atoms with van der Waals surface area (Å²) < 4.78 is 1.73. The summed E-state index contributed by atoms with van der Waals surface area (Å²) in [5.74, 6) is 0.788. The van der Waals surface area contributed by atoms with Crippen LogP contribution < -0.4 is 10.6 Å². The Kier molecular flexibility index (Phi) is 2.97. The van der Waals surface area contributed by atoms with Gasteiger partial charge in [-0.15, -0.1) is 0 Å². The second kappa shape index (κ2) is 5.10. The van der Waals surface area contributed by atoms with Crippen molar-refractivity contribution in [3.63, 3.8) is 0 Å².